The van der Waals surface area contributed by atoms with Crippen LogP contribution in [0.3, 0.4) is 0 Å². The molecule has 3 aliphatic carbocycles. The first-order valence-corrected chi connectivity index (χ1v) is 34.9. The Hall–Kier alpha value is -5.88. The molecule has 0 bridgehead atoms. The van der Waals surface area contributed by atoms with Crippen LogP contribution >= 0.6 is 0 Å². The Balaban J connectivity index is -0.0000000929. The zero-order valence-electron chi connectivity index (χ0n) is 62.9. The summed E-state index contributed by atoms with van der Waals surface area (Å²) >= 11 is 0. The van der Waals surface area contributed by atoms with Crippen molar-refractivity contribution in [3.05, 3.63) is 234 Å². The molecule has 0 radical (unpaired) electrons. The highest BCUT2D eigenvalue weighted by atomic mass is 19.2. The van der Waals surface area contributed by atoms with Gasteiger partial charge in [-0.1, -0.05) is 251 Å². The van der Waals surface area contributed by atoms with Gasteiger partial charge in [0.1, 0.15) is 34.9 Å². The molecule has 11 rings (SSSR count). The van der Waals surface area contributed by atoms with Gasteiger partial charge in [0.05, 0.1) is 19.3 Å². The summed E-state index contributed by atoms with van der Waals surface area (Å²) in [5, 5.41) is 0. The second-order valence-electron chi connectivity index (χ2n) is 28.1. The molecule has 2 saturated heterocycles. The lowest BCUT2D eigenvalue weighted by molar-refractivity contribution is -0.187. The molecule has 6 aromatic carbocycles. The van der Waals surface area contributed by atoms with E-state index in [1.807, 2.05) is 32.9 Å². The average molecular weight is 1540 g/mol. The number of aryl methyl sites for hydroxylation is 10. The summed E-state index contributed by atoms with van der Waals surface area (Å²) < 4.78 is 117. The summed E-state index contributed by atoms with van der Waals surface area (Å²) in [6, 6.07) is 27.3. The SMILES string of the molecule is C.C.C.C.C.C.C.C.C.C.C.C.CC1=CCC(C)CC1.CC1=CCC(C)CC1.CC1CCC(C)CC1.CC1CCC(C)OC1.CC1COC(C)OC1.Cc1cc(F)c(C)c(F)c1.Cc1cc(F)c(C)c(F)c1.Cc1ccc(C)c(F)c1.Cc1ccc(C)c(F)c1.Cc1ccc(C)c(F)c1F.Cc1ccc(C)cc1. The smallest absolute Gasteiger partial charge is 0.161 e. The Bertz CT molecular complexity index is 2880. The highest BCUT2D eigenvalue weighted by Crippen LogP contribution is 2.28. The molecule has 0 spiro atoms. The molecule has 4 atom stereocenters. The van der Waals surface area contributed by atoms with Gasteiger partial charge < -0.3 is 14.2 Å². The molecule has 0 N–H and O–H groups in total. The number of hydrogen-bond acceptors (Lipinski definition) is 3. The van der Waals surface area contributed by atoms with Crippen LogP contribution < -0.4 is 0 Å². The summed E-state index contributed by atoms with van der Waals surface area (Å²) in [5.74, 6) is 1.70. The van der Waals surface area contributed by atoms with Crippen molar-refractivity contribution in [1.29, 1.82) is 0 Å². The van der Waals surface area contributed by atoms with Gasteiger partial charge in [0.15, 0.2) is 17.9 Å². The first kappa shape index (κ1) is 129. The minimum atomic E-state index is -0.736. The third-order valence-corrected chi connectivity index (χ3v) is 17.3. The monoisotopic (exact) mass is 1540 g/mol. The summed E-state index contributed by atoms with van der Waals surface area (Å²) in [5.41, 5.74) is 11.3. The van der Waals surface area contributed by atoms with E-state index in [0.717, 1.165) is 60.5 Å². The molecule has 1 saturated carbocycles. The van der Waals surface area contributed by atoms with Crippen molar-refractivity contribution in [2.24, 2.45) is 35.5 Å². The number of halogens is 8. The van der Waals surface area contributed by atoms with Crippen molar-refractivity contribution < 1.29 is 49.3 Å². The lowest BCUT2D eigenvalue weighted by atomic mass is 9.84. The molecule has 3 fully saturated rings. The highest BCUT2D eigenvalue weighted by Gasteiger charge is 2.16. The van der Waals surface area contributed by atoms with Gasteiger partial charge in [-0.2, -0.15) is 0 Å². The van der Waals surface area contributed by atoms with E-state index >= 15 is 0 Å². The molecule has 4 unspecified atom stereocenters. The number of rotatable bonds is 0. The fraction of sp³-hybridized carbons (Fsp3) is 0.588. The maximum atomic E-state index is 12.6. The van der Waals surface area contributed by atoms with Gasteiger partial charge >= 0.3 is 0 Å². The van der Waals surface area contributed by atoms with Crippen molar-refractivity contribution in [1.82, 2.24) is 0 Å². The quantitative estimate of drug-likeness (QED) is 0.112. The average Bonchev–Trinajstić information content (AvgIpc) is 0.896. The van der Waals surface area contributed by atoms with Crippen molar-refractivity contribution >= 4 is 0 Å². The molecule has 5 aliphatic rings. The van der Waals surface area contributed by atoms with Crippen LogP contribution in [0.5, 0.6) is 0 Å². The molecule has 0 amide bonds. The lowest BCUT2D eigenvalue weighted by Crippen LogP contribution is -2.27. The number of hydrogen-bond donors (Lipinski definition) is 0. The second kappa shape index (κ2) is 70.3. The zero-order chi connectivity index (χ0) is 72.8. The van der Waals surface area contributed by atoms with E-state index in [4.69, 9.17) is 14.2 Å². The molecule has 3 nitrogen and oxygen atoms in total. The normalized spacial score (nSPS) is 18.3. The van der Waals surface area contributed by atoms with Crippen molar-refractivity contribution in [3.63, 3.8) is 0 Å². The predicted molar refractivity (Wildman–Crippen MR) is 471 cm³/mol. The fourth-order valence-electron chi connectivity index (χ4n) is 9.65. The largest absolute Gasteiger partial charge is 0.378 e. The molecular formula is C97H170F8O3. The van der Waals surface area contributed by atoms with Gasteiger partial charge in [-0.15, -0.1) is 0 Å². The first-order chi connectivity index (χ1) is 45.0. The third kappa shape index (κ3) is 59.0. The van der Waals surface area contributed by atoms with E-state index < -0.39 is 34.9 Å². The van der Waals surface area contributed by atoms with Crippen LogP contribution in [0.4, 0.5) is 35.1 Å². The van der Waals surface area contributed by atoms with Gasteiger partial charge in [0.25, 0.3) is 0 Å². The van der Waals surface area contributed by atoms with Crippen LogP contribution in [-0.2, 0) is 14.2 Å². The van der Waals surface area contributed by atoms with E-state index in [-0.39, 0.29) is 118 Å². The van der Waals surface area contributed by atoms with Gasteiger partial charge in [-0.3, -0.25) is 0 Å². The molecule has 0 aromatic heterocycles. The van der Waals surface area contributed by atoms with Crippen LogP contribution in [0.1, 0.15) is 302 Å². The maximum Gasteiger partial charge on any atom is 0.161 e. The third-order valence-electron chi connectivity index (χ3n) is 17.3. The molecule has 2 heterocycles. The number of allylic oxidation sites excluding steroid dienone is 4. The summed E-state index contributed by atoms with van der Waals surface area (Å²) in [7, 11) is 0. The minimum Gasteiger partial charge on any atom is -0.378 e. The van der Waals surface area contributed by atoms with Crippen molar-refractivity contribution in [2.45, 2.75) is 331 Å². The van der Waals surface area contributed by atoms with Gasteiger partial charge in [-0.25, -0.2) is 35.1 Å². The van der Waals surface area contributed by atoms with E-state index in [9.17, 15) is 35.1 Å². The fourth-order valence-corrected chi connectivity index (χ4v) is 9.65. The van der Waals surface area contributed by atoms with Gasteiger partial charge in [0.2, 0.25) is 0 Å². The van der Waals surface area contributed by atoms with Gasteiger partial charge in [0, 0.05) is 23.7 Å². The Kier molecular flexibility index (Phi) is 83.6. The molecule has 108 heavy (non-hydrogen) atoms. The number of ether oxygens (including phenoxy) is 3. The summed E-state index contributed by atoms with van der Waals surface area (Å²) in [6.07, 6.45) is 21.9. The standard InChI is InChI=1S/3C8H8F2.2C8H9F.C8H16.2C8H14.C8H10.C7H14O.C6H12O2.12CH4/c2*1-5-3-7(9)6(2)8(10)4-5;1-5-3-4-6(2)8(10)7(5)9;2*1-6-3-4-7(2)8(9)5-6;4*1-7-3-5-8(2)6-4-7;1-6-3-4-7(2)8-5-6;1-5-3-7-6(2)8-4-5;;;;;;;;;;;;/h3*3-4H,1-2H3;2*3-5H,1-2H3;7-8H,3-6H2,1-2H3;2*3,8H,4-6H2,1-2H3;3-6H,1-2H3;6-7H,3-5H2,1-2H3;5-6H,3-4H2,1-2H3;12*1H4. The van der Waals surface area contributed by atoms with Crippen molar-refractivity contribution in [3.8, 4) is 0 Å². The molecule has 11 heteroatoms. The van der Waals surface area contributed by atoms with Gasteiger partial charge in [-0.05, 0) is 273 Å². The molecule has 2 aliphatic heterocycles. The van der Waals surface area contributed by atoms with Crippen molar-refractivity contribution in [2.75, 3.05) is 19.8 Å². The highest BCUT2D eigenvalue weighted by molar-refractivity contribution is 5.27. The van der Waals surface area contributed by atoms with Crippen LogP contribution in [0, 0.1) is 165 Å². The van der Waals surface area contributed by atoms with E-state index in [1.165, 1.54) is 152 Å². The zero-order valence-corrected chi connectivity index (χ0v) is 62.9. The predicted octanol–water partition coefficient (Wildman–Crippen LogP) is 33.7. The minimum absolute atomic E-state index is 0. The van der Waals surface area contributed by atoms with Crippen LogP contribution in [0.2, 0.25) is 0 Å². The maximum absolute atomic E-state index is 12.6. The topological polar surface area (TPSA) is 27.7 Å². The Morgan fingerprint density at radius 3 is 0.741 bits per heavy atom. The van der Waals surface area contributed by atoms with E-state index in [0.29, 0.717) is 45.4 Å². The van der Waals surface area contributed by atoms with E-state index in [1.54, 1.807) is 63.1 Å². The Labute approximate surface area is 665 Å². The van der Waals surface area contributed by atoms with Crippen LogP contribution in [-0.4, -0.2) is 32.2 Å². The Morgan fingerprint density at radius 1 is 0.259 bits per heavy atom. The van der Waals surface area contributed by atoms with E-state index in [2.05, 4.69) is 113 Å². The molecule has 6 aromatic rings. The van der Waals surface area contributed by atoms with Crippen LogP contribution in [0.15, 0.2) is 120 Å². The first-order valence-electron chi connectivity index (χ1n) is 34.9. The van der Waals surface area contributed by atoms with Crippen LogP contribution in [0.25, 0.3) is 0 Å². The molecule has 632 valence electrons. The second-order valence-corrected chi connectivity index (χ2v) is 28.1. The lowest BCUT2D eigenvalue weighted by Gasteiger charge is -2.24. The molecular weight excluding hydrogens is 1370 g/mol. The number of benzene rings is 6. The summed E-state index contributed by atoms with van der Waals surface area (Å²) in [6.45, 7) is 45.6. The Morgan fingerprint density at radius 2 is 0.519 bits per heavy atom. The summed E-state index contributed by atoms with van der Waals surface area (Å²) in [4.78, 5) is 0.